The molecule has 0 saturated heterocycles. The summed E-state index contributed by atoms with van der Waals surface area (Å²) in [7, 11) is 0. The van der Waals surface area contributed by atoms with Crippen LogP contribution in [0.3, 0.4) is 0 Å². The van der Waals surface area contributed by atoms with Gasteiger partial charge in [0.2, 0.25) is 5.91 Å². The first-order chi connectivity index (χ1) is 14.5. The Hall–Kier alpha value is -3.68. The van der Waals surface area contributed by atoms with Crippen molar-refractivity contribution in [1.29, 1.82) is 0 Å². The third-order valence-electron chi connectivity index (χ3n) is 4.89. The highest BCUT2D eigenvalue weighted by Gasteiger charge is 2.13. The molecule has 156 valence electrons. The Morgan fingerprint density at radius 3 is 2.47 bits per heavy atom. The van der Waals surface area contributed by atoms with E-state index in [0.29, 0.717) is 25.9 Å². The zero-order valence-corrected chi connectivity index (χ0v) is 17.1. The Balaban J connectivity index is 1.45. The number of rotatable bonds is 9. The number of anilines is 1. The number of hydrogen-bond donors (Lipinski definition) is 2. The maximum atomic E-state index is 12.2. The van der Waals surface area contributed by atoms with Gasteiger partial charge in [0.1, 0.15) is 0 Å². The van der Waals surface area contributed by atoms with Crippen molar-refractivity contribution in [2.75, 3.05) is 11.9 Å². The summed E-state index contributed by atoms with van der Waals surface area (Å²) in [5.41, 5.74) is 4.78. The SMILES string of the molecule is Cc1nn(-c2ccccc2)c(C)c1CNC(=O)CCCNc1ccc([N+](=O)[O-])cc1. The second kappa shape index (κ2) is 9.69. The third kappa shape index (κ3) is 5.22. The summed E-state index contributed by atoms with van der Waals surface area (Å²) in [6, 6.07) is 16.1. The van der Waals surface area contributed by atoms with Crippen LogP contribution in [0.5, 0.6) is 0 Å². The summed E-state index contributed by atoms with van der Waals surface area (Å²) >= 11 is 0. The van der Waals surface area contributed by atoms with Gasteiger partial charge in [-0.15, -0.1) is 0 Å². The summed E-state index contributed by atoms with van der Waals surface area (Å²) in [6.07, 6.45) is 1.05. The molecule has 3 rings (SSSR count). The van der Waals surface area contributed by atoms with Crippen LogP contribution in [0.15, 0.2) is 54.6 Å². The van der Waals surface area contributed by atoms with E-state index in [0.717, 1.165) is 28.3 Å². The number of nitro benzene ring substituents is 1. The molecular weight excluding hydrogens is 382 g/mol. The molecule has 1 aromatic heterocycles. The summed E-state index contributed by atoms with van der Waals surface area (Å²) < 4.78 is 1.89. The number of para-hydroxylation sites is 1. The molecule has 0 atom stereocenters. The molecule has 0 aliphatic rings. The standard InChI is InChI=1S/C22H25N5O3/c1-16-21(17(2)26(25-16)19-7-4-3-5-8-19)15-24-22(28)9-6-14-23-18-10-12-20(13-11-18)27(29)30/h3-5,7-8,10-13,23H,6,9,14-15H2,1-2H3,(H,24,28). The molecule has 8 heteroatoms. The van der Waals surface area contributed by atoms with Crippen molar-refractivity contribution in [2.45, 2.75) is 33.2 Å². The minimum Gasteiger partial charge on any atom is -0.385 e. The van der Waals surface area contributed by atoms with Crippen LogP contribution in [-0.2, 0) is 11.3 Å². The minimum absolute atomic E-state index is 0.0215. The topological polar surface area (TPSA) is 102 Å². The highest BCUT2D eigenvalue weighted by atomic mass is 16.6. The van der Waals surface area contributed by atoms with Crippen molar-refractivity contribution in [3.8, 4) is 5.69 Å². The van der Waals surface area contributed by atoms with Crippen molar-refractivity contribution >= 4 is 17.3 Å². The fourth-order valence-corrected chi connectivity index (χ4v) is 3.21. The lowest BCUT2D eigenvalue weighted by Gasteiger charge is -2.08. The molecule has 0 unspecified atom stereocenters. The van der Waals surface area contributed by atoms with Gasteiger partial charge < -0.3 is 10.6 Å². The molecule has 1 amide bonds. The number of carbonyl (C=O) groups is 1. The van der Waals surface area contributed by atoms with Crippen LogP contribution in [0, 0.1) is 24.0 Å². The monoisotopic (exact) mass is 407 g/mol. The molecule has 0 aliphatic carbocycles. The van der Waals surface area contributed by atoms with Crippen molar-refractivity contribution in [3.63, 3.8) is 0 Å². The van der Waals surface area contributed by atoms with E-state index < -0.39 is 4.92 Å². The van der Waals surface area contributed by atoms with E-state index in [2.05, 4.69) is 15.7 Å². The van der Waals surface area contributed by atoms with Crippen molar-refractivity contribution in [2.24, 2.45) is 0 Å². The first-order valence-electron chi connectivity index (χ1n) is 9.81. The van der Waals surface area contributed by atoms with Gasteiger partial charge in [-0.05, 0) is 44.5 Å². The Bertz CT molecular complexity index is 1010. The van der Waals surface area contributed by atoms with Crippen molar-refractivity contribution in [1.82, 2.24) is 15.1 Å². The number of nitrogens with one attached hydrogen (secondary N) is 2. The van der Waals surface area contributed by atoms with Crippen LogP contribution in [0.1, 0.15) is 29.8 Å². The van der Waals surface area contributed by atoms with Crippen molar-refractivity contribution in [3.05, 3.63) is 81.7 Å². The van der Waals surface area contributed by atoms with Gasteiger partial charge in [-0.1, -0.05) is 18.2 Å². The molecule has 3 aromatic rings. The quantitative estimate of drug-likeness (QED) is 0.318. The molecule has 2 N–H and O–H groups in total. The van der Waals surface area contributed by atoms with Gasteiger partial charge >= 0.3 is 0 Å². The number of aryl methyl sites for hydroxylation is 1. The van der Waals surface area contributed by atoms with Crippen LogP contribution < -0.4 is 10.6 Å². The highest BCUT2D eigenvalue weighted by Crippen LogP contribution is 2.18. The molecule has 2 aromatic carbocycles. The number of non-ortho nitro benzene ring substituents is 1. The molecule has 1 heterocycles. The van der Waals surface area contributed by atoms with E-state index in [4.69, 9.17) is 0 Å². The number of nitrogens with zero attached hydrogens (tertiary/aromatic N) is 3. The molecule has 0 saturated carbocycles. The van der Waals surface area contributed by atoms with Crippen LogP contribution in [-0.4, -0.2) is 27.2 Å². The lowest BCUT2D eigenvalue weighted by atomic mass is 10.2. The van der Waals surface area contributed by atoms with E-state index in [1.807, 2.05) is 48.9 Å². The minimum atomic E-state index is -0.429. The fourth-order valence-electron chi connectivity index (χ4n) is 3.21. The molecule has 30 heavy (non-hydrogen) atoms. The third-order valence-corrected chi connectivity index (χ3v) is 4.89. The number of hydrogen-bond acceptors (Lipinski definition) is 5. The largest absolute Gasteiger partial charge is 0.385 e. The van der Waals surface area contributed by atoms with Gasteiger partial charge in [-0.3, -0.25) is 14.9 Å². The normalized spacial score (nSPS) is 10.6. The summed E-state index contributed by atoms with van der Waals surface area (Å²) in [5, 5.41) is 21.4. The molecule has 0 spiro atoms. The van der Waals surface area contributed by atoms with Gasteiger partial charge in [0.15, 0.2) is 0 Å². The van der Waals surface area contributed by atoms with Gasteiger partial charge in [0, 0.05) is 48.6 Å². The Labute approximate surface area is 175 Å². The zero-order valence-electron chi connectivity index (χ0n) is 17.1. The number of carbonyl (C=O) groups excluding carboxylic acids is 1. The number of nitro groups is 1. The lowest BCUT2D eigenvalue weighted by molar-refractivity contribution is -0.384. The lowest BCUT2D eigenvalue weighted by Crippen LogP contribution is -2.23. The zero-order chi connectivity index (χ0) is 21.5. The molecular formula is C22H25N5O3. The van der Waals surface area contributed by atoms with Crippen LogP contribution >= 0.6 is 0 Å². The smallest absolute Gasteiger partial charge is 0.269 e. The molecule has 0 bridgehead atoms. The van der Waals surface area contributed by atoms with E-state index in [1.54, 1.807) is 12.1 Å². The van der Waals surface area contributed by atoms with E-state index in [-0.39, 0.29) is 11.6 Å². The highest BCUT2D eigenvalue weighted by molar-refractivity contribution is 5.76. The average molecular weight is 407 g/mol. The Morgan fingerprint density at radius 1 is 1.10 bits per heavy atom. The number of aromatic nitrogens is 2. The fraction of sp³-hybridized carbons (Fsp3) is 0.273. The van der Waals surface area contributed by atoms with Gasteiger partial charge in [-0.2, -0.15) is 5.10 Å². The summed E-state index contributed by atoms with van der Waals surface area (Å²) in [5.74, 6) is -0.0215. The Morgan fingerprint density at radius 2 is 1.80 bits per heavy atom. The van der Waals surface area contributed by atoms with Crippen LogP contribution in [0.2, 0.25) is 0 Å². The first-order valence-corrected chi connectivity index (χ1v) is 9.81. The molecule has 0 aliphatic heterocycles. The summed E-state index contributed by atoms with van der Waals surface area (Å²) in [4.78, 5) is 22.4. The van der Waals surface area contributed by atoms with E-state index in [9.17, 15) is 14.9 Å². The van der Waals surface area contributed by atoms with Gasteiger partial charge in [-0.25, -0.2) is 4.68 Å². The molecule has 8 nitrogen and oxygen atoms in total. The maximum absolute atomic E-state index is 12.2. The predicted octanol–water partition coefficient (Wildman–Crippen LogP) is 3.91. The molecule has 0 fully saturated rings. The summed E-state index contributed by atoms with van der Waals surface area (Å²) in [6.45, 7) is 5.00. The molecule has 0 radical (unpaired) electrons. The van der Waals surface area contributed by atoms with Gasteiger partial charge in [0.25, 0.3) is 5.69 Å². The first kappa shape index (κ1) is 21.0. The van der Waals surface area contributed by atoms with E-state index >= 15 is 0 Å². The van der Waals surface area contributed by atoms with Gasteiger partial charge in [0.05, 0.1) is 16.3 Å². The van der Waals surface area contributed by atoms with Crippen LogP contribution in [0.25, 0.3) is 5.69 Å². The average Bonchev–Trinajstić information content (AvgIpc) is 3.04. The number of benzene rings is 2. The predicted molar refractivity (Wildman–Crippen MR) is 116 cm³/mol. The van der Waals surface area contributed by atoms with E-state index in [1.165, 1.54) is 12.1 Å². The second-order valence-corrected chi connectivity index (χ2v) is 7.01. The van der Waals surface area contributed by atoms with Crippen LogP contribution in [0.4, 0.5) is 11.4 Å². The number of amides is 1. The Kier molecular flexibility index (Phi) is 6.79. The maximum Gasteiger partial charge on any atom is 0.269 e. The van der Waals surface area contributed by atoms with Crippen molar-refractivity contribution < 1.29 is 9.72 Å². The second-order valence-electron chi connectivity index (χ2n) is 7.01.